The fraction of sp³-hybridized carbons (Fsp3) is 0.364. The lowest BCUT2D eigenvalue weighted by molar-refractivity contribution is -0.165. The third-order valence-corrected chi connectivity index (χ3v) is 2.48. The zero-order valence-electron chi connectivity index (χ0n) is 8.78. The third kappa shape index (κ3) is 2.46. The lowest BCUT2D eigenvalue weighted by Gasteiger charge is -2.10. The molecule has 1 aromatic rings. The molecule has 92 valence electrons. The number of halogens is 2. The molecule has 2 rings (SSSR count). The molecule has 1 N–H and O–H groups in total. The van der Waals surface area contributed by atoms with Crippen LogP contribution in [0.5, 0.6) is 11.5 Å². The van der Waals surface area contributed by atoms with Crippen molar-refractivity contribution in [2.75, 3.05) is 6.79 Å². The zero-order chi connectivity index (χ0) is 12.5. The van der Waals surface area contributed by atoms with E-state index in [9.17, 15) is 13.6 Å². The Balaban J connectivity index is 2.03. The predicted octanol–water partition coefficient (Wildman–Crippen LogP) is 2.07. The number of alkyl halides is 2. The van der Waals surface area contributed by atoms with Crippen molar-refractivity contribution in [2.24, 2.45) is 0 Å². The molecule has 4 nitrogen and oxygen atoms in total. The molecule has 0 saturated heterocycles. The molecule has 0 bridgehead atoms. The minimum absolute atomic E-state index is 0.0318. The highest BCUT2D eigenvalue weighted by Crippen LogP contribution is 2.33. The summed E-state index contributed by atoms with van der Waals surface area (Å²) in [7, 11) is 0. The van der Waals surface area contributed by atoms with Crippen LogP contribution >= 0.6 is 0 Å². The molecule has 0 aliphatic carbocycles. The van der Waals surface area contributed by atoms with Gasteiger partial charge in [0.2, 0.25) is 6.79 Å². The van der Waals surface area contributed by atoms with Crippen molar-refractivity contribution in [3.8, 4) is 11.5 Å². The Labute approximate surface area is 95.8 Å². The van der Waals surface area contributed by atoms with Gasteiger partial charge in [-0.05, 0) is 24.1 Å². The van der Waals surface area contributed by atoms with Gasteiger partial charge < -0.3 is 14.6 Å². The topological polar surface area (TPSA) is 55.8 Å². The van der Waals surface area contributed by atoms with Crippen LogP contribution in [-0.4, -0.2) is 23.8 Å². The van der Waals surface area contributed by atoms with E-state index in [1.165, 1.54) is 0 Å². The Hall–Kier alpha value is -1.85. The van der Waals surface area contributed by atoms with Crippen LogP contribution in [-0.2, 0) is 11.2 Å². The highest BCUT2D eigenvalue weighted by atomic mass is 19.3. The van der Waals surface area contributed by atoms with E-state index in [4.69, 9.17) is 14.6 Å². The van der Waals surface area contributed by atoms with Gasteiger partial charge in [-0.15, -0.1) is 0 Å². The van der Waals surface area contributed by atoms with Crippen LogP contribution < -0.4 is 9.47 Å². The predicted molar refractivity (Wildman–Crippen MR) is 53.5 cm³/mol. The number of hydrogen-bond acceptors (Lipinski definition) is 3. The summed E-state index contributed by atoms with van der Waals surface area (Å²) in [6, 6.07) is 4.82. The Bertz CT molecular complexity index is 445. The first-order valence-electron chi connectivity index (χ1n) is 4.99. The summed E-state index contributed by atoms with van der Waals surface area (Å²) in [5, 5.41) is 8.28. The molecular formula is C11H10F2O4. The zero-order valence-corrected chi connectivity index (χ0v) is 8.78. The van der Waals surface area contributed by atoms with Crippen molar-refractivity contribution in [3.63, 3.8) is 0 Å². The summed E-state index contributed by atoms with van der Waals surface area (Å²) < 4.78 is 35.9. The second-order valence-electron chi connectivity index (χ2n) is 3.70. The third-order valence-electron chi connectivity index (χ3n) is 2.48. The number of hydrogen-bond donors (Lipinski definition) is 1. The van der Waals surface area contributed by atoms with Crippen molar-refractivity contribution in [3.05, 3.63) is 23.8 Å². The van der Waals surface area contributed by atoms with E-state index < -0.39 is 18.3 Å². The normalized spacial score (nSPS) is 13.8. The van der Waals surface area contributed by atoms with Crippen LogP contribution in [0.3, 0.4) is 0 Å². The molecule has 0 unspecified atom stereocenters. The van der Waals surface area contributed by atoms with Crippen LogP contribution in [0.4, 0.5) is 8.78 Å². The molecule has 0 fully saturated rings. The molecular weight excluding hydrogens is 234 g/mol. The number of carboxylic acids is 1. The molecule has 0 saturated carbocycles. The molecule has 17 heavy (non-hydrogen) atoms. The maximum Gasteiger partial charge on any atom is 0.374 e. The second-order valence-corrected chi connectivity index (χ2v) is 3.70. The van der Waals surface area contributed by atoms with E-state index >= 15 is 0 Å². The Kier molecular flexibility index (Phi) is 2.87. The van der Waals surface area contributed by atoms with Crippen molar-refractivity contribution in [1.29, 1.82) is 0 Å². The number of carboxylic acid groups (broad SMARTS) is 1. The van der Waals surface area contributed by atoms with Gasteiger partial charge in [0, 0.05) is 6.42 Å². The number of ether oxygens (including phenoxy) is 2. The molecule has 0 spiro atoms. The van der Waals surface area contributed by atoms with Gasteiger partial charge in [0.1, 0.15) is 0 Å². The second kappa shape index (κ2) is 4.20. The Morgan fingerprint density at radius 2 is 2.06 bits per heavy atom. The Morgan fingerprint density at radius 1 is 1.35 bits per heavy atom. The molecule has 0 aromatic heterocycles. The van der Waals surface area contributed by atoms with Crippen molar-refractivity contribution >= 4 is 5.97 Å². The van der Waals surface area contributed by atoms with Crippen LogP contribution in [0.1, 0.15) is 12.0 Å². The lowest BCUT2D eigenvalue weighted by atomic mass is 10.1. The monoisotopic (exact) mass is 244 g/mol. The molecule has 1 aliphatic rings. The largest absolute Gasteiger partial charge is 0.477 e. The Morgan fingerprint density at radius 3 is 2.76 bits per heavy atom. The van der Waals surface area contributed by atoms with Crippen molar-refractivity contribution < 1.29 is 28.2 Å². The van der Waals surface area contributed by atoms with Crippen LogP contribution in [0.2, 0.25) is 0 Å². The van der Waals surface area contributed by atoms with E-state index in [1.54, 1.807) is 18.2 Å². The fourth-order valence-electron chi connectivity index (χ4n) is 1.50. The van der Waals surface area contributed by atoms with E-state index in [-0.39, 0.29) is 13.2 Å². The molecule has 0 amide bonds. The van der Waals surface area contributed by atoms with Gasteiger partial charge in [-0.1, -0.05) is 6.07 Å². The van der Waals surface area contributed by atoms with Gasteiger partial charge >= 0.3 is 11.9 Å². The first kappa shape index (κ1) is 11.6. The summed E-state index contributed by atoms with van der Waals surface area (Å²) in [5.74, 6) is -4.73. The maximum atomic E-state index is 12.9. The number of fused-ring (bicyclic) bond motifs is 1. The van der Waals surface area contributed by atoms with Gasteiger partial charge in [-0.2, -0.15) is 8.78 Å². The van der Waals surface area contributed by atoms with Gasteiger partial charge in [0.25, 0.3) is 0 Å². The summed E-state index contributed by atoms with van der Waals surface area (Å²) in [6.45, 7) is 0.115. The number of aryl methyl sites for hydroxylation is 1. The minimum Gasteiger partial charge on any atom is -0.477 e. The number of benzene rings is 1. The first-order valence-corrected chi connectivity index (χ1v) is 4.99. The number of carbonyl (C=O) groups is 1. The number of rotatable bonds is 4. The van der Waals surface area contributed by atoms with Gasteiger partial charge in [0.15, 0.2) is 11.5 Å². The van der Waals surface area contributed by atoms with E-state index in [0.717, 1.165) is 0 Å². The standard InChI is InChI=1S/C11H10F2O4/c12-11(13,10(14)15)4-3-7-1-2-8-9(5-7)17-6-16-8/h1-2,5H,3-4,6H2,(H,14,15). The maximum absolute atomic E-state index is 12.9. The molecule has 0 atom stereocenters. The highest BCUT2D eigenvalue weighted by molar-refractivity contribution is 5.75. The van der Waals surface area contributed by atoms with E-state index in [1.807, 2.05) is 0 Å². The van der Waals surface area contributed by atoms with Gasteiger partial charge in [-0.3, -0.25) is 0 Å². The van der Waals surface area contributed by atoms with Crippen molar-refractivity contribution in [2.45, 2.75) is 18.8 Å². The number of aliphatic carboxylic acids is 1. The highest BCUT2D eigenvalue weighted by Gasteiger charge is 2.38. The average molecular weight is 244 g/mol. The van der Waals surface area contributed by atoms with E-state index in [0.29, 0.717) is 17.1 Å². The smallest absolute Gasteiger partial charge is 0.374 e. The molecule has 6 heteroatoms. The molecule has 0 radical (unpaired) electrons. The van der Waals surface area contributed by atoms with Crippen molar-refractivity contribution in [1.82, 2.24) is 0 Å². The summed E-state index contributed by atoms with van der Waals surface area (Å²) in [4.78, 5) is 10.2. The van der Waals surface area contributed by atoms with E-state index in [2.05, 4.69) is 0 Å². The summed E-state index contributed by atoms with van der Waals surface area (Å²) in [5.41, 5.74) is 0.593. The first-order chi connectivity index (χ1) is 7.99. The van der Waals surface area contributed by atoms with Crippen LogP contribution in [0.15, 0.2) is 18.2 Å². The van der Waals surface area contributed by atoms with Crippen LogP contribution in [0.25, 0.3) is 0 Å². The van der Waals surface area contributed by atoms with Gasteiger partial charge in [-0.25, -0.2) is 4.79 Å². The molecule has 1 aromatic carbocycles. The minimum atomic E-state index is -3.70. The quantitative estimate of drug-likeness (QED) is 0.880. The fourth-order valence-corrected chi connectivity index (χ4v) is 1.50. The van der Waals surface area contributed by atoms with Gasteiger partial charge in [0.05, 0.1) is 0 Å². The summed E-state index contributed by atoms with van der Waals surface area (Å²) in [6.07, 6.45) is -0.766. The molecule has 1 heterocycles. The molecule has 1 aliphatic heterocycles. The van der Waals surface area contributed by atoms with Crippen LogP contribution in [0, 0.1) is 0 Å². The summed E-state index contributed by atoms with van der Waals surface area (Å²) >= 11 is 0. The SMILES string of the molecule is O=C(O)C(F)(F)CCc1ccc2c(c1)OCO2. The average Bonchev–Trinajstić information content (AvgIpc) is 2.73. The lowest BCUT2D eigenvalue weighted by Crippen LogP contribution is -2.28.